The molecule has 1 N–H and O–H groups in total. The van der Waals surface area contributed by atoms with E-state index in [0.717, 1.165) is 18.8 Å². The largest absolute Gasteiger partial charge is 0.451 e. The van der Waals surface area contributed by atoms with Crippen molar-refractivity contribution in [1.29, 1.82) is 0 Å². The van der Waals surface area contributed by atoms with Crippen molar-refractivity contribution < 1.29 is 18.9 Å². The van der Waals surface area contributed by atoms with Gasteiger partial charge in [-0.25, -0.2) is 0 Å². The molecule has 2 aromatic carbocycles. The van der Waals surface area contributed by atoms with Crippen LogP contribution in [0.1, 0.15) is 10.6 Å². The Labute approximate surface area is 166 Å². The second kappa shape index (κ2) is 8.15. The number of para-hydroxylation sites is 2. The van der Waals surface area contributed by atoms with Crippen LogP contribution in [0.5, 0.6) is 0 Å². The van der Waals surface area contributed by atoms with Gasteiger partial charge in [-0.2, -0.15) is 0 Å². The molecular weight excluding hydrogens is 374 g/mol. The van der Waals surface area contributed by atoms with Gasteiger partial charge in [-0.15, -0.1) is 0 Å². The fraction of sp³-hybridized carbons (Fsp3) is 0.190. The Morgan fingerprint density at radius 3 is 2.62 bits per heavy atom. The zero-order valence-electron chi connectivity index (χ0n) is 15.5. The Hall–Kier alpha value is -3.65. The number of ether oxygens (including phenoxy) is 1. The first-order valence-electron chi connectivity index (χ1n) is 9.19. The van der Waals surface area contributed by atoms with Gasteiger partial charge >= 0.3 is 0 Å². The minimum absolute atomic E-state index is 0.0376. The smallest absolute Gasteiger partial charge is 0.291 e. The highest BCUT2D eigenvalue weighted by Gasteiger charge is 2.18. The van der Waals surface area contributed by atoms with E-state index in [9.17, 15) is 14.9 Å². The van der Waals surface area contributed by atoms with Gasteiger partial charge in [0.05, 0.1) is 29.5 Å². The van der Waals surface area contributed by atoms with E-state index in [0.29, 0.717) is 30.2 Å². The van der Waals surface area contributed by atoms with E-state index in [1.165, 1.54) is 12.1 Å². The summed E-state index contributed by atoms with van der Waals surface area (Å²) in [5.74, 6) is 0.131. The van der Waals surface area contributed by atoms with Crippen molar-refractivity contribution in [1.82, 2.24) is 0 Å². The first-order chi connectivity index (χ1) is 14.1. The number of amides is 1. The number of furan rings is 1. The van der Waals surface area contributed by atoms with Crippen LogP contribution < -0.4 is 10.2 Å². The molecule has 1 aliphatic heterocycles. The van der Waals surface area contributed by atoms with Crippen molar-refractivity contribution in [3.63, 3.8) is 0 Å². The van der Waals surface area contributed by atoms with E-state index in [1.54, 1.807) is 24.3 Å². The third-order valence-corrected chi connectivity index (χ3v) is 4.68. The molecule has 0 radical (unpaired) electrons. The van der Waals surface area contributed by atoms with E-state index in [-0.39, 0.29) is 17.4 Å². The Morgan fingerprint density at radius 1 is 1.03 bits per heavy atom. The van der Waals surface area contributed by atoms with Crippen molar-refractivity contribution in [3.05, 3.63) is 76.5 Å². The molecule has 0 unspecified atom stereocenters. The number of anilines is 2. The molecule has 0 saturated carbocycles. The lowest BCUT2D eigenvalue weighted by molar-refractivity contribution is -0.384. The maximum Gasteiger partial charge on any atom is 0.291 e. The van der Waals surface area contributed by atoms with Gasteiger partial charge in [0, 0.05) is 30.8 Å². The summed E-state index contributed by atoms with van der Waals surface area (Å²) in [7, 11) is 0. The van der Waals surface area contributed by atoms with E-state index in [2.05, 4.69) is 10.2 Å². The minimum atomic E-state index is -0.470. The Kier molecular flexibility index (Phi) is 5.26. The first kappa shape index (κ1) is 18.7. The molecule has 4 rings (SSSR count). The number of nitro benzene ring substituents is 1. The normalized spacial score (nSPS) is 13.9. The maximum absolute atomic E-state index is 12.7. The second-order valence-electron chi connectivity index (χ2n) is 6.54. The SMILES string of the molecule is O=C(Nc1ccccc1N1CCOCC1)c1ccc(-c2cccc([N+](=O)[O-])c2)o1. The van der Waals surface area contributed by atoms with Crippen LogP contribution in [0, 0.1) is 10.1 Å². The number of non-ortho nitro benzene ring substituents is 1. The van der Waals surface area contributed by atoms with Gasteiger partial charge in [0.1, 0.15) is 5.76 Å². The third-order valence-electron chi connectivity index (χ3n) is 4.68. The third kappa shape index (κ3) is 4.12. The van der Waals surface area contributed by atoms with Crippen LogP contribution in [-0.4, -0.2) is 37.1 Å². The van der Waals surface area contributed by atoms with Gasteiger partial charge in [0.25, 0.3) is 11.6 Å². The molecule has 1 amide bonds. The molecule has 1 aliphatic rings. The summed E-state index contributed by atoms with van der Waals surface area (Å²) in [4.78, 5) is 25.4. The number of morpholine rings is 1. The molecule has 0 atom stereocenters. The summed E-state index contributed by atoms with van der Waals surface area (Å²) in [6.07, 6.45) is 0. The molecular formula is C21H19N3O5. The number of benzene rings is 2. The monoisotopic (exact) mass is 393 g/mol. The van der Waals surface area contributed by atoms with Crippen LogP contribution in [0.3, 0.4) is 0 Å². The highest BCUT2D eigenvalue weighted by atomic mass is 16.6. The summed E-state index contributed by atoms with van der Waals surface area (Å²) in [6, 6.07) is 16.9. The molecule has 29 heavy (non-hydrogen) atoms. The number of carbonyl (C=O) groups excluding carboxylic acids is 1. The molecule has 1 fully saturated rings. The van der Waals surface area contributed by atoms with Crippen LogP contribution in [0.15, 0.2) is 65.1 Å². The van der Waals surface area contributed by atoms with Crippen molar-refractivity contribution in [3.8, 4) is 11.3 Å². The van der Waals surface area contributed by atoms with Gasteiger partial charge in [-0.3, -0.25) is 14.9 Å². The van der Waals surface area contributed by atoms with Crippen molar-refractivity contribution in [2.45, 2.75) is 0 Å². The molecule has 148 valence electrons. The lowest BCUT2D eigenvalue weighted by atomic mass is 10.1. The highest BCUT2D eigenvalue weighted by molar-refractivity contribution is 6.04. The molecule has 8 nitrogen and oxygen atoms in total. The predicted molar refractivity (Wildman–Crippen MR) is 108 cm³/mol. The number of rotatable bonds is 5. The number of hydrogen-bond donors (Lipinski definition) is 1. The van der Waals surface area contributed by atoms with Crippen LogP contribution in [0.25, 0.3) is 11.3 Å². The molecule has 1 aromatic heterocycles. The van der Waals surface area contributed by atoms with Crippen molar-refractivity contribution in [2.75, 3.05) is 36.5 Å². The summed E-state index contributed by atoms with van der Waals surface area (Å²) in [6.45, 7) is 2.80. The van der Waals surface area contributed by atoms with Crippen molar-refractivity contribution >= 4 is 23.0 Å². The van der Waals surface area contributed by atoms with E-state index in [1.807, 2.05) is 24.3 Å². The number of nitrogens with one attached hydrogen (secondary N) is 1. The lowest BCUT2D eigenvalue weighted by Crippen LogP contribution is -2.36. The molecule has 1 saturated heterocycles. The Morgan fingerprint density at radius 2 is 1.83 bits per heavy atom. The average molecular weight is 393 g/mol. The van der Waals surface area contributed by atoms with Gasteiger partial charge in [-0.05, 0) is 24.3 Å². The number of nitro groups is 1. The van der Waals surface area contributed by atoms with Gasteiger partial charge in [0.15, 0.2) is 5.76 Å². The second-order valence-corrected chi connectivity index (χ2v) is 6.54. The van der Waals surface area contributed by atoms with E-state index < -0.39 is 4.92 Å². The van der Waals surface area contributed by atoms with Crippen LogP contribution in [-0.2, 0) is 4.74 Å². The first-order valence-corrected chi connectivity index (χ1v) is 9.19. The van der Waals surface area contributed by atoms with E-state index in [4.69, 9.17) is 9.15 Å². The number of nitrogens with zero attached hydrogens (tertiary/aromatic N) is 2. The lowest BCUT2D eigenvalue weighted by Gasteiger charge is -2.30. The molecule has 0 spiro atoms. The molecule has 0 bridgehead atoms. The Balaban J connectivity index is 1.53. The highest BCUT2D eigenvalue weighted by Crippen LogP contribution is 2.29. The van der Waals surface area contributed by atoms with Crippen molar-refractivity contribution in [2.24, 2.45) is 0 Å². The number of carbonyl (C=O) groups is 1. The standard InChI is InChI=1S/C21H19N3O5/c25-21(22-17-6-1-2-7-18(17)23-10-12-28-13-11-23)20-9-8-19(29-20)15-4-3-5-16(14-15)24(26)27/h1-9,14H,10-13H2,(H,22,25). The minimum Gasteiger partial charge on any atom is -0.451 e. The van der Waals surface area contributed by atoms with Gasteiger partial charge < -0.3 is 19.4 Å². The van der Waals surface area contributed by atoms with E-state index >= 15 is 0 Å². The zero-order valence-corrected chi connectivity index (χ0v) is 15.5. The van der Waals surface area contributed by atoms with Crippen LogP contribution in [0.4, 0.5) is 17.1 Å². The Bertz CT molecular complexity index is 1040. The topological polar surface area (TPSA) is 97.9 Å². The molecule has 3 aromatic rings. The zero-order chi connectivity index (χ0) is 20.2. The average Bonchev–Trinajstić information content (AvgIpc) is 3.25. The molecule has 2 heterocycles. The van der Waals surface area contributed by atoms with Crippen LogP contribution >= 0.6 is 0 Å². The molecule has 8 heteroatoms. The van der Waals surface area contributed by atoms with Crippen LogP contribution in [0.2, 0.25) is 0 Å². The summed E-state index contributed by atoms with van der Waals surface area (Å²) in [5, 5.41) is 13.9. The quantitative estimate of drug-likeness (QED) is 0.521. The summed E-state index contributed by atoms with van der Waals surface area (Å²) >= 11 is 0. The van der Waals surface area contributed by atoms with Gasteiger partial charge in [0.2, 0.25) is 0 Å². The van der Waals surface area contributed by atoms with Gasteiger partial charge in [-0.1, -0.05) is 24.3 Å². The fourth-order valence-corrected chi connectivity index (χ4v) is 3.23. The predicted octanol–water partition coefficient (Wildman–Crippen LogP) is 3.94. The maximum atomic E-state index is 12.7. The molecule has 0 aliphatic carbocycles. The summed E-state index contributed by atoms with van der Waals surface area (Å²) in [5.41, 5.74) is 2.11. The summed E-state index contributed by atoms with van der Waals surface area (Å²) < 4.78 is 11.0. The number of hydrogen-bond acceptors (Lipinski definition) is 6. The fourth-order valence-electron chi connectivity index (χ4n) is 3.23.